The average Bonchev–Trinajstić information content (AvgIpc) is 2.95. The third-order valence-corrected chi connectivity index (χ3v) is 5.86. The van der Waals surface area contributed by atoms with E-state index in [2.05, 4.69) is 4.72 Å². The van der Waals surface area contributed by atoms with Crippen molar-refractivity contribution < 1.29 is 13.5 Å². The van der Waals surface area contributed by atoms with Crippen molar-refractivity contribution in [2.45, 2.75) is 24.3 Å². The Labute approximate surface area is 133 Å². The van der Waals surface area contributed by atoms with Gasteiger partial charge in [-0.3, -0.25) is 0 Å². The van der Waals surface area contributed by atoms with Gasteiger partial charge in [-0.2, -0.15) is 11.3 Å². The van der Waals surface area contributed by atoms with Crippen LogP contribution in [0.25, 0.3) is 0 Å². The summed E-state index contributed by atoms with van der Waals surface area (Å²) in [7, 11) is -3.62. The van der Waals surface area contributed by atoms with Crippen molar-refractivity contribution in [2.75, 3.05) is 6.54 Å². The fraction of sp³-hybridized carbons (Fsp3) is 0.286. The van der Waals surface area contributed by atoms with Crippen LogP contribution in [0.1, 0.15) is 23.7 Å². The van der Waals surface area contributed by atoms with Gasteiger partial charge in [-0.1, -0.05) is 17.7 Å². The molecule has 0 bridgehead atoms. The van der Waals surface area contributed by atoms with E-state index in [-0.39, 0.29) is 11.4 Å². The minimum Gasteiger partial charge on any atom is -0.388 e. The topological polar surface area (TPSA) is 66.4 Å². The van der Waals surface area contributed by atoms with Gasteiger partial charge in [0.05, 0.1) is 11.0 Å². The highest BCUT2D eigenvalue weighted by atomic mass is 35.5. The summed E-state index contributed by atoms with van der Waals surface area (Å²) in [4.78, 5) is 0.167. The summed E-state index contributed by atoms with van der Waals surface area (Å²) in [6, 6.07) is 6.59. The van der Waals surface area contributed by atoms with Crippen molar-refractivity contribution in [3.63, 3.8) is 0 Å². The standard InChI is InChI=1S/C14H16ClNO3S2/c1-10-12(15)3-2-4-14(10)21(18,19)16-7-5-13(17)11-6-8-20-9-11/h2-4,6,8-9,13,16-17H,5,7H2,1H3/t13-/m1/s1. The highest BCUT2D eigenvalue weighted by molar-refractivity contribution is 7.89. The molecule has 0 radical (unpaired) electrons. The lowest BCUT2D eigenvalue weighted by Gasteiger charge is -2.12. The number of aliphatic hydroxyl groups excluding tert-OH is 1. The van der Waals surface area contributed by atoms with E-state index < -0.39 is 16.1 Å². The van der Waals surface area contributed by atoms with Gasteiger partial charge in [0.15, 0.2) is 0 Å². The molecule has 0 saturated heterocycles. The van der Waals surface area contributed by atoms with E-state index in [9.17, 15) is 13.5 Å². The monoisotopic (exact) mass is 345 g/mol. The average molecular weight is 346 g/mol. The molecule has 21 heavy (non-hydrogen) atoms. The Bertz CT molecular complexity index is 699. The van der Waals surface area contributed by atoms with Crippen LogP contribution in [0.3, 0.4) is 0 Å². The largest absolute Gasteiger partial charge is 0.388 e. The van der Waals surface area contributed by atoms with Gasteiger partial charge in [-0.25, -0.2) is 13.1 Å². The smallest absolute Gasteiger partial charge is 0.240 e. The summed E-state index contributed by atoms with van der Waals surface area (Å²) in [5.41, 5.74) is 1.32. The molecule has 0 aliphatic carbocycles. The maximum absolute atomic E-state index is 12.2. The number of thiophene rings is 1. The van der Waals surface area contributed by atoms with E-state index in [1.54, 1.807) is 19.1 Å². The molecular formula is C14H16ClNO3S2. The van der Waals surface area contributed by atoms with E-state index in [0.29, 0.717) is 17.0 Å². The van der Waals surface area contributed by atoms with Crippen LogP contribution in [0, 0.1) is 6.92 Å². The second kappa shape index (κ2) is 6.89. The van der Waals surface area contributed by atoms with Crippen molar-refractivity contribution in [3.05, 3.63) is 51.2 Å². The SMILES string of the molecule is Cc1c(Cl)cccc1S(=O)(=O)NCC[C@@H](O)c1ccsc1. The van der Waals surface area contributed by atoms with Gasteiger partial charge in [0.1, 0.15) is 0 Å². The van der Waals surface area contributed by atoms with E-state index in [1.165, 1.54) is 17.4 Å². The molecule has 2 rings (SSSR count). The first-order chi connectivity index (χ1) is 9.92. The minimum absolute atomic E-state index is 0.158. The molecule has 2 aromatic rings. The third-order valence-electron chi connectivity index (χ3n) is 3.15. The fourth-order valence-corrected chi connectivity index (χ4v) is 4.17. The fourth-order valence-electron chi connectivity index (χ4n) is 1.92. The molecule has 0 spiro atoms. The Morgan fingerprint density at radius 2 is 2.14 bits per heavy atom. The van der Waals surface area contributed by atoms with Crippen molar-refractivity contribution in [2.24, 2.45) is 0 Å². The van der Waals surface area contributed by atoms with Gasteiger partial charge in [-0.05, 0) is 53.4 Å². The number of benzene rings is 1. The van der Waals surface area contributed by atoms with Crippen LogP contribution in [-0.2, 0) is 10.0 Å². The first-order valence-electron chi connectivity index (χ1n) is 6.37. The molecule has 2 N–H and O–H groups in total. The molecule has 0 unspecified atom stereocenters. The Morgan fingerprint density at radius 3 is 2.81 bits per heavy atom. The number of nitrogens with one attached hydrogen (secondary N) is 1. The lowest BCUT2D eigenvalue weighted by Crippen LogP contribution is -2.26. The van der Waals surface area contributed by atoms with Crippen molar-refractivity contribution in [3.8, 4) is 0 Å². The highest BCUT2D eigenvalue weighted by Gasteiger charge is 2.18. The zero-order chi connectivity index (χ0) is 15.5. The second-order valence-electron chi connectivity index (χ2n) is 4.62. The summed E-state index contributed by atoms with van der Waals surface area (Å²) in [5, 5.41) is 14.1. The molecule has 7 heteroatoms. The number of sulfonamides is 1. The van der Waals surface area contributed by atoms with Gasteiger partial charge in [0.25, 0.3) is 0 Å². The quantitative estimate of drug-likeness (QED) is 0.845. The molecule has 0 saturated carbocycles. The number of halogens is 1. The maximum Gasteiger partial charge on any atom is 0.240 e. The van der Waals surface area contributed by atoms with E-state index in [4.69, 9.17) is 11.6 Å². The molecule has 0 aliphatic heterocycles. The van der Waals surface area contributed by atoms with Crippen LogP contribution in [0.5, 0.6) is 0 Å². The van der Waals surface area contributed by atoms with Crippen LogP contribution in [0.4, 0.5) is 0 Å². The number of aliphatic hydroxyl groups is 1. The van der Waals surface area contributed by atoms with Gasteiger partial charge in [0, 0.05) is 11.6 Å². The predicted octanol–water partition coefficient (Wildman–Crippen LogP) is 3.11. The Kier molecular flexibility index (Phi) is 5.40. The molecule has 1 atom stereocenters. The summed E-state index contributed by atoms with van der Waals surface area (Å²) in [6.07, 6.45) is -0.352. The molecular weight excluding hydrogens is 330 g/mol. The summed E-state index contributed by atoms with van der Waals surface area (Å²) >= 11 is 7.43. The number of hydrogen-bond donors (Lipinski definition) is 2. The molecule has 1 heterocycles. The Balaban J connectivity index is 2.00. The molecule has 4 nitrogen and oxygen atoms in total. The van der Waals surface area contributed by atoms with Gasteiger partial charge >= 0.3 is 0 Å². The third kappa shape index (κ3) is 4.05. The molecule has 114 valence electrons. The lowest BCUT2D eigenvalue weighted by molar-refractivity contribution is 0.169. The molecule has 0 amide bonds. The van der Waals surface area contributed by atoms with Crippen LogP contribution in [0.2, 0.25) is 5.02 Å². The van der Waals surface area contributed by atoms with Gasteiger partial charge < -0.3 is 5.11 Å². The summed E-state index contributed by atoms with van der Waals surface area (Å²) in [5.74, 6) is 0. The summed E-state index contributed by atoms with van der Waals surface area (Å²) in [6.45, 7) is 1.82. The first-order valence-corrected chi connectivity index (χ1v) is 9.17. The molecule has 1 aromatic heterocycles. The highest BCUT2D eigenvalue weighted by Crippen LogP contribution is 2.23. The van der Waals surface area contributed by atoms with Crippen molar-refractivity contribution in [1.29, 1.82) is 0 Å². The molecule has 0 aliphatic rings. The second-order valence-corrected chi connectivity index (χ2v) is 7.54. The van der Waals surface area contributed by atoms with Crippen LogP contribution in [0.15, 0.2) is 39.9 Å². The van der Waals surface area contributed by atoms with Crippen LogP contribution >= 0.6 is 22.9 Å². The lowest BCUT2D eigenvalue weighted by atomic mass is 10.1. The first kappa shape index (κ1) is 16.5. The van der Waals surface area contributed by atoms with E-state index in [1.807, 2.05) is 16.8 Å². The van der Waals surface area contributed by atoms with Crippen LogP contribution < -0.4 is 4.72 Å². The zero-order valence-electron chi connectivity index (χ0n) is 11.4. The van der Waals surface area contributed by atoms with Crippen molar-refractivity contribution in [1.82, 2.24) is 4.72 Å². The number of rotatable bonds is 6. The van der Waals surface area contributed by atoms with E-state index in [0.717, 1.165) is 5.56 Å². The van der Waals surface area contributed by atoms with Crippen LogP contribution in [-0.4, -0.2) is 20.1 Å². The predicted molar refractivity (Wildman–Crippen MR) is 85.3 cm³/mol. The normalized spacial score (nSPS) is 13.3. The zero-order valence-corrected chi connectivity index (χ0v) is 13.8. The minimum atomic E-state index is -3.62. The Hall–Kier alpha value is -0.920. The van der Waals surface area contributed by atoms with Gasteiger partial charge in [-0.15, -0.1) is 0 Å². The molecule has 1 aromatic carbocycles. The van der Waals surface area contributed by atoms with E-state index >= 15 is 0 Å². The summed E-state index contributed by atoms with van der Waals surface area (Å²) < 4.78 is 26.9. The number of hydrogen-bond acceptors (Lipinski definition) is 4. The molecule has 0 fully saturated rings. The van der Waals surface area contributed by atoms with Gasteiger partial charge in [0.2, 0.25) is 10.0 Å². The maximum atomic E-state index is 12.2. The Morgan fingerprint density at radius 1 is 1.38 bits per heavy atom. The van der Waals surface area contributed by atoms with Crippen molar-refractivity contribution >= 4 is 33.0 Å².